The first kappa shape index (κ1) is 18.2. The molecule has 0 aliphatic heterocycles. The molecule has 6 heteroatoms. The Hall–Kier alpha value is -2.63. The summed E-state index contributed by atoms with van der Waals surface area (Å²) in [6, 6.07) is 15.0. The number of oxazole rings is 1. The molecule has 0 spiro atoms. The van der Waals surface area contributed by atoms with Crippen molar-refractivity contribution in [3.63, 3.8) is 0 Å². The zero-order chi connectivity index (χ0) is 18.4. The van der Waals surface area contributed by atoms with Crippen molar-refractivity contribution in [2.45, 2.75) is 19.4 Å². The second-order valence-electron chi connectivity index (χ2n) is 5.78. The summed E-state index contributed by atoms with van der Waals surface area (Å²) in [4.78, 5) is 16.4. The number of hydrogen-bond acceptors (Lipinski definition) is 4. The molecule has 134 valence electrons. The van der Waals surface area contributed by atoms with E-state index in [2.05, 4.69) is 10.3 Å². The van der Waals surface area contributed by atoms with Gasteiger partial charge in [0.2, 0.25) is 5.91 Å². The van der Waals surface area contributed by atoms with Crippen LogP contribution in [-0.2, 0) is 22.6 Å². The fourth-order valence-corrected chi connectivity index (χ4v) is 2.79. The first-order valence-corrected chi connectivity index (χ1v) is 8.61. The Kier molecular flexibility index (Phi) is 6.04. The highest BCUT2D eigenvalue weighted by Crippen LogP contribution is 2.28. The molecule has 1 aromatic heterocycles. The Morgan fingerprint density at radius 1 is 1.23 bits per heavy atom. The molecule has 1 heterocycles. The van der Waals surface area contributed by atoms with E-state index in [1.165, 1.54) is 0 Å². The molecule has 26 heavy (non-hydrogen) atoms. The molecular weight excluding hydrogens is 352 g/mol. The van der Waals surface area contributed by atoms with Gasteiger partial charge in [-0.1, -0.05) is 35.9 Å². The van der Waals surface area contributed by atoms with Crippen LogP contribution >= 0.6 is 11.6 Å². The third kappa shape index (κ3) is 4.71. The van der Waals surface area contributed by atoms with Gasteiger partial charge in [-0.25, -0.2) is 4.98 Å². The fraction of sp³-hybridized carbons (Fsp3) is 0.200. The largest absolute Gasteiger partial charge is 0.441 e. The van der Waals surface area contributed by atoms with Gasteiger partial charge in [0.05, 0.1) is 17.8 Å². The number of benzene rings is 2. The molecule has 0 saturated heterocycles. The van der Waals surface area contributed by atoms with Gasteiger partial charge in [-0.3, -0.25) is 4.79 Å². The summed E-state index contributed by atoms with van der Waals surface area (Å²) in [6.45, 7) is 0.505. The Morgan fingerprint density at radius 3 is 2.88 bits per heavy atom. The van der Waals surface area contributed by atoms with Crippen molar-refractivity contribution in [1.29, 1.82) is 0 Å². The van der Waals surface area contributed by atoms with Crippen LogP contribution in [0.2, 0.25) is 5.02 Å². The summed E-state index contributed by atoms with van der Waals surface area (Å²) in [5, 5.41) is 3.47. The zero-order valence-electron chi connectivity index (χ0n) is 14.4. The van der Waals surface area contributed by atoms with E-state index in [0.717, 1.165) is 16.8 Å². The number of aryl methyl sites for hydroxylation is 1. The topological polar surface area (TPSA) is 64.4 Å². The molecule has 1 N–H and O–H groups in total. The number of carbonyl (C=O) groups excluding carboxylic acids is 1. The number of rotatable bonds is 7. The monoisotopic (exact) mass is 370 g/mol. The number of hydrogen-bond donors (Lipinski definition) is 1. The van der Waals surface area contributed by atoms with E-state index in [1.54, 1.807) is 19.4 Å². The van der Waals surface area contributed by atoms with Crippen molar-refractivity contribution in [3.8, 4) is 11.3 Å². The first-order valence-electron chi connectivity index (χ1n) is 8.23. The maximum atomic E-state index is 12.2. The molecule has 3 rings (SSSR count). The molecule has 0 saturated carbocycles. The molecule has 0 bridgehead atoms. The van der Waals surface area contributed by atoms with Crippen LogP contribution < -0.4 is 5.32 Å². The van der Waals surface area contributed by atoms with Crippen molar-refractivity contribution in [2.75, 3.05) is 12.4 Å². The average molecular weight is 371 g/mol. The molecular formula is C20H19ClN2O3. The summed E-state index contributed by atoms with van der Waals surface area (Å²) in [7, 11) is 1.64. The van der Waals surface area contributed by atoms with E-state index in [0.29, 0.717) is 29.7 Å². The predicted molar refractivity (Wildman–Crippen MR) is 101 cm³/mol. The van der Waals surface area contributed by atoms with E-state index < -0.39 is 0 Å². The summed E-state index contributed by atoms with van der Waals surface area (Å²) in [5.41, 5.74) is 2.53. The number of nitrogens with one attached hydrogen (secondary N) is 1. The molecule has 1 amide bonds. The third-order valence-electron chi connectivity index (χ3n) is 3.78. The summed E-state index contributed by atoms with van der Waals surface area (Å²) in [6.07, 6.45) is 2.31. The Bertz CT molecular complexity index is 892. The molecule has 0 aliphatic carbocycles. The molecule has 0 fully saturated rings. The third-order valence-corrected chi connectivity index (χ3v) is 4.11. The standard InChI is InChI=1S/C20H19ClN2O3/c1-25-13-14-5-4-6-15(11-14)23-19(24)9-10-20-22-12-18(26-20)16-7-2-3-8-17(16)21/h2-8,11-12H,9-10,13H2,1H3,(H,23,24). The number of nitrogens with zero attached hydrogens (tertiary/aromatic N) is 1. The number of anilines is 1. The van der Waals surface area contributed by atoms with E-state index in [4.69, 9.17) is 20.8 Å². The SMILES string of the molecule is COCc1cccc(NC(=O)CCc2ncc(-c3ccccc3Cl)o2)c1. The first-order chi connectivity index (χ1) is 12.7. The summed E-state index contributed by atoms with van der Waals surface area (Å²) < 4.78 is 10.8. The molecule has 2 aromatic carbocycles. The van der Waals surface area contributed by atoms with Crippen LogP contribution in [0, 0.1) is 0 Å². The van der Waals surface area contributed by atoms with Crippen molar-refractivity contribution in [1.82, 2.24) is 4.98 Å². The fourth-order valence-electron chi connectivity index (χ4n) is 2.56. The van der Waals surface area contributed by atoms with Gasteiger partial charge >= 0.3 is 0 Å². The van der Waals surface area contributed by atoms with Gasteiger partial charge in [0.15, 0.2) is 11.7 Å². The quantitative estimate of drug-likeness (QED) is 0.654. The normalized spacial score (nSPS) is 10.7. The van der Waals surface area contributed by atoms with Crippen molar-refractivity contribution in [3.05, 3.63) is 71.2 Å². The number of methoxy groups -OCH3 is 1. The molecule has 5 nitrogen and oxygen atoms in total. The number of aromatic nitrogens is 1. The smallest absolute Gasteiger partial charge is 0.224 e. The van der Waals surface area contributed by atoms with Crippen LogP contribution in [0.3, 0.4) is 0 Å². The molecule has 3 aromatic rings. The van der Waals surface area contributed by atoms with Crippen molar-refractivity contribution in [2.24, 2.45) is 0 Å². The summed E-state index contributed by atoms with van der Waals surface area (Å²) in [5.74, 6) is 0.999. The van der Waals surface area contributed by atoms with E-state index in [9.17, 15) is 4.79 Å². The Morgan fingerprint density at radius 2 is 2.08 bits per heavy atom. The lowest BCUT2D eigenvalue weighted by molar-refractivity contribution is -0.116. The van der Waals surface area contributed by atoms with Gasteiger partial charge in [0, 0.05) is 31.2 Å². The predicted octanol–water partition coefficient (Wildman–Crippen LogP) is 4.71. The second-order valence-corrected chi connectivity index (χ2v) is 6.19. The highest BCUT2D eigenvalue weighted by atomic mass is 35.5. The van der Waals surface area contributed by atoms with Gasteiger partial charge in [-0.2, -0.15) is 0 Å². The van der Waals surface area contributed by atoms with E-state index in [1.807, 2.05) is 42.5 Å². The molecule has 0 unspecified atom stereocenters. The Labute approximate surface area is 157 Å². The van der Waals surface area contributed by atoms with Crippen LogP contribution in [0.1, 0.15) is 17.9 Å². The van der Waals surface area contributed by atoms with Gasteiger partial charge in [0.25, 0.3) is 0 Å². The molecule has 0 radical (unpaired) electrons. The lowest BCUT2D eigenvalue weighted by Crippen LogP contribution is -2.12. The maximum absolute atomic E-state index is 12.2. The van der Waals surface area contributed by atoms with Gasteiger partial charge in [-0.15, -0.1) is 0 Å². The maximum Gasteiger partial charge on any atom is 0.224 e. The van der Waals surface area contributed by atoms with Gasteiger partial charge < -0.3 is 14.5 Å². The number of amides is 1. The average Bonchev–Trinajstić information content (AvgIpc) is 3.10. The van der Waals surface area contributed by atoms with Crippen LogP contribution in [0.25, 0.3) is 11.3 Å². The number of carbonyl (C=O) groups is 1. The van der Waals surface area contributed by atoms with Crippen LogP contribution in [0.4, 0.5) is 5.69 Å². The Balaban J connectivity index is 1.57. The lowest BCUT2D eigenvalue weighted by Gasteiger charge is -2.06. The molecule has 0 aliphatic rings. The minimum absolute atomic E-state index is 0.0999. The van der Waals surface area contributed by atoms with E-state index in [-0.39, 0.29) is 12.3 Å². The highest BCUT2D eigenvalue weighted by Gasteiger charge is 2.11. The summed E-state index contributed by atoms with van der Waals surface area (Å²) >= 11 is 6.16. The van der Waals surface area contributed by atoms with Crippen LogP contribution in [0.15, 0.2) is 59.1 Å². The van der Waals surface area contributed by atoms with E-state index >= 15 is 0 Å². The minimum Gasteiger partial charge on any atom is -0.441 e. The van der Waals surface area contributed by atoms with Crippen LogP contribution in [-0.4, -0.2) is 18.0 Å². The zero-order valence-corrected chi connectivity index (χ0v) is 15.1. The second kappa shape index (κ2) is 8.65. The van der Waals surface area contributed by atoms with Crippen LogP contribution in [0.5, 0.6) is 0 Å². The molecule has 0 atom stereocenters. The number of ether oxygens (including phenoxy) is 1. The van der Waals surface area contributed by atoms with Crippen molar-refractivity contribution < 1.29 is 13.9 Å². The minimum atomic E-state index is -0.0999. The lowest BCUT2D eigenvalue weighted by atomic mass is 10.2. The highest BCUT2D eigenvalue weighted by molar-refractivity contribution is 6.33. The van der Waals surface area contributed by atoms with Gasteiger partial charge in [0.1, 0.15) is 0 Å². The number of halogens is 1. The van der Waals surface area contributed by atoms with Crippen molar-refractivity contribution >= 4 is 23.2 Å². The van der Waals surface area contributed by atoms with Gasteiger partial charge in [-0.05, 0) is 29.8 Å².